The lowest BCUT2D eigenvalue weighted by atomic mass is 10.1. The van der Waals surface area contributed by atoms with E-state index in [1.54, 1.807) is 6.20 Å². The molecule has 1 aromatic heterocycles. The topological polar surface area (TPSA) is 47.9 Å². The van der Waals surface area contributed by atoms with Crippen LogP contribution >= 0.6 is 0 Å². The van der Waals surface area contributed by atoms with Crippen molar-refractivity contribution in [3.8, 4) is 17.0 Å². The summed E-state index contributed by atoms with van der Waals surface area (Å²) in [6, 6.07) is 9.56. The molecule has 0 aliphatic carbocycles. The molecule has 4 nitrogen and oxygen atoms in total. The van der Waals surface area contributed by atoms with Crippen LogP contribution in [0.3, 0.4) is 0 Å². The molecule has 0 bridgehead atoms. The first-order valence-electron chi connectivity index (χ1n) is 4.78. The first-order valence-corrected chi connectivity index (χ1v) is 4.78. The van der Waals surface area contributed by atoms with Gasteiger partial charge >= 0.3 is 0 Å². The van der Waals surface area contributed by atoms with E-state index in [2.05, 4.69) is 15.4 Å². The Morgan fingerprint density at radius 1 is 1.20 bits per heavy atom. The standard InChI is InChI=1S/C11H11N3O/c1-2-15-11-6-4-3-5-9(11)10-7-8-12-14-13-10/h3-8H,2H2,1H3. The van der Waals surface area contributed by atoms with Crippen LogP contribution in [0.2, 0.25) is 0 Å². The molecule has 76 valence electrons. The van der Waals surface area contributed by atoms with Gasteiger partial charge in [-0.15, -0.1) is 10.2 Å². The van der Waals surface area contributed by atoms with Gasteiger partial charge in [0.1, 0.15) is 11.4 Å². The molecule has 1 heterocycles. The third-order valence-corrected chi connectivity index (χ3v) is 1.97. The second-order valence-electron chi connectivity index (χ2n) is 2.94. The van der Waals surface area contributed by atoms with Gasteiger partial charge in [0.15, 0.2) is 0 Å². The molecule has 0 spiro atoms. The van der Waals surface area contributed by atoms with Crippen LogP contribution < -0.4 is 4.74 Å². The van der Waals surface area contributed by atoms with E-state index in [1.165, 1.54) is 0 Å². The fourth-order valence-electron chi connectivity index (χ4n) is 1.34. The zero-order valence-corrected chi connectivity index (χ0v) is 8.42. The summed E-state index contributed by atoms with van der Waals surface area (Å²) in [6.45, 7) is 2.59. The lowest BCUT2D eigenvalue weighted by Crippen LogP contribution is -1.96. The number of rotatable bonds is 3. The quantitative estimate of drug-likeness (QED) is 0.761. The minimum atomic E-state index is 0.634. The molecule has 15 heavy (non-hydrogen) atoms. The van der Waals surface area contributed by atoms with E-state index in [0.29, 0.717) is 6.61 Å². The van der Waals surface area contributed by atoms with Gasteiger partial charge in [0.2, 0.25) is 0 Å². The molecule has 0 saturated heterocycles. The predicted octanol–water partition coefficient (Wildman–Crippen LogP) is 1.94. The molecule has 0 aliphatic heterocycles. The van der Waals surface area contributed by atoms with Crippen molar-refractivity contribution in [1.29, 1.82) is 0 Å². The summed E-state index contributed by atoms with van der Waals surface area (Å²) in [7, 11) is 0. The first kappa shape index (κ1) is 9.58. The third kappa shape index (κ3) is 2.10. The SMILES string of the molecule is CCOc1ccccc1-c1ccnnn1. The summed E-state index contributed by atoms with van der Waals surface area (Å²) >= 11 is 0. The van der Waals surface area contributed by atoms with Crippen molar-refractivity contribution in [2.24, 2.45) is 0 Å². The highest BCUT2D eigenvalue weighted by Crippen LogP contribution is 2.27. The fraction of sp³-hybridized carbons (Fsp3) is 0.182. The van der Waals surface area contributed by atoms with Gasteiger partial charge in [-0.3, -0.25) is 0 Å². The fourth-order valence-corrected chi connectivity index (χ4v) is 1.34. The molecule has 0 radical (unpaired) electrons. The van der Waals surface area contributed by atoms with Crippen LogP contribution in [0.4, 0.5) is 0 Å². The van der Waals surface area contributed by atoms with E-state index in [9.17, 15) is 0 Å². The Kier molecular flexibility index (Phi) is 2.88. The van der Waals surface area contributed by atoms with Crippen molar-refractivity contribution in [2.45, 2.75) is 6.92 Å². The third-order valence-electron chi connectivity index (χ3n) is 1.97. The first-order chi connectivity index (χ1) is 7.42. The summed E-state index contributed by atoms with van der Waals surface area (Å²) in [5.74, 6) is 0.820. The van der Waals surface area contributed by atoms with E-state index in [0.717, 1.165) is 17.0 Å². The van der Waals surface area contributed by atoms with E-state index < -0.39 is 0 Å². The van der Waals surface area contributed by atoms with Crippen LogP contribution in [0, 0.1) is 0 Å². The monoisotopic (exact) mass is 201 g/mol. The van der Waals surface area contributed by atoms with Gasteiger partial charge in [-0.05, 0) is 30.3 Å². The van der Waals surface area contributed by atoms with Gasteiger partial charge in [-0.25, -0.2) is 0 Å². The molecule has 0 saturated carbocycles. The molecule has 0 atom stereocenters. The summed E-state index contributed by atoms with van der Waals surface area (Å²) in [4.78, 5) is 0. The summed E-state index contributed by atoms with van der Waals surface area (Å²) in [5.41, 5.74) is 1.71. The number of ether oxygens (including phenoxy) is 1. The van der Waals surface area contributed by atoms with E-state index >= 15 is 0 Å². The van der Waals surface area contributed by atoms with Crippen molar-refractivity contribution in [3.63, 3.8) is 0 Å². The van der Waals surface area contributed by atoms with Crippen molar-refractivity contribution >= 4 is 0 Å². The molecule has 4 heteroatoms. The molecular weight excluding hydrogens is 190 g/mol. The maximum Gasteiger partial charge on any atom is 0.128 e. The van der Waals surface area contributed by atoms with Gasteiger partial charge in [0, 0.05) is 5.56 Å². The minimum Gasteiger partial charge on any atom is -0.493 e. The van der Waals surface area contributed by atoms with Crippen molar-refractivity contribution < 1.29 is 4.74 Å². The van der Waals surface area contributed by atoms with Gasteiger partial charge in [-0.1, -0.05) is 12.1 Å². The van der Waals surface area contributed by atoms with Gasteiger partial charge in [-0.2, -0.15) is 0 Å². The van der Waals surface area contributed by atoms with Crippen LogP contribution in [0.25, 0.3) is 11.3 Å². The molecule has 2 aromatic rings. The van der Waals surface area contributed by atoms with Crippen LogP contribution in [-0.2, 0) is 0 Å². The molecule has 0 fully saturated rings. The van der Waals surface area contributed by atoms with Crippen molar-refractivity contribution in [2.75, 3.05) is 6.61 Å². The van der Waals surface area contributed by atoms with Gasteiger partial charge in [0.25, 0.3) is 0 Å². The largest absolute Gasteiger partial charge is 0.493 e. The van der Waals surface area contributed by atoms with Crippen LogP contribution in [0.15, 0.2) is 36.5 Å². The maximum atomic E-state index is 5.50. The molecule has 0 unspecified atom stereocenters. The molecular formula is C11H11N3O. The van der Waals surface area contributed by atoms with Crippen LogP contribution in [0.1, 0.15) is 6.92 Å². The molecule has 0 N–H and O–H groups in total. The second kappa shape index (κ2) is 4.50. The molecule has 0 amide bonds. The van der Waals surface area contributed by atoms with Crippen molar-refractivity contribution in [3.05, 3.63) is 36.5 Å². The van der Waals surface area contributed by atoms with Gasteiger partial charge < -0.3 is 4.74 Å². The van der Waals surface area contributed by atoms with Crippen LogP contribution in [0.5, 0.6) is 5.75 Å². The highest BCUT2D eigenvalue weighted by atomic mass is 16.5. The maximum absolute atomic E-state index is 5.50. The number of aromatic nitrogens is 3. The molecule has 1 aromatic carbocycles. The summed E-state index contributed by atoms with van der Waals surface area (Å²) in [5, 5.41) is 11.2. The lowest BCUT2D eigenvalue weighted by molar-refractivity contribution is 0.341. The Bertz CT molecular complexity index is 431. The lowest BCUT2D eigenvalue weighted by Gasteiger charge is -2.07. The molecule has 0 aliphatic rings. The summed E-state index contributed by atoms with van der Waals surface area (Å²) in [6.07, 6.45) is 1.62. The number of hydrogen-bond donors (Lipinski definition) is 0. The highest BCUT2D eigenvalue weighted by molar-refractivity contribution is 5.66. The number of benzene rings is 1. The average molecular weight is 201 g/mol. The zero-order chi connectivity index (χ0) is 10.5. The molecule has 2 rings (SSSR count). The van der Waals surface area contributed by atoms with Crippen LogP contribution in [-0.4, -0.2) is 22.0 Å². The normalized spacial score (nSPS) is 9.93. The average Bonchev–Trinajstić information content (AvgIpc) is 2.31. The van der Waals surface area contributed by atoms with Crippen molar-refractivity contribution in [1.82, 2.24) is 15.4 Å². The highest BCUT2D eigenvalue weighted by Gasteiger charge is 2.05. The van der Waals surface area contributed by atoms with E-state index in [-0.39, 0.29) is 0 Å². The Balaban J connectivity index is 2.43. The smallest absolute Gasteiger partial charge is 0.128 e. The summed E-state index contributed by atoms with van der Waals surface area (Å²) < 4.78 is 5.50. The second-order valence-corrected chi connectivity index (χ2v) is 2.94. The number of nitrogens with zero attached hydrogens (tertiary/aromatic N) is 3. The minimum absolute atomic E-state index is 0.634. The Morgan fingerprint density at radius 3 is 2.80 bits per heavy atom. The van der Waals surface area contributed by atoms with Gasteiger partial charge in [0.05, 0.1) is 12.8 Å². The Labute approximate surface area is 87.9 Å². The zero-order valence-electron chi connectivity index (χ0n) is 8.42. The van der Waals surface area contributed by atoms with E-state index in [1.807, 2.05) is 37.3 Å². The Hall–Kier alpha value is -1.97. The Morgan fingerprint density at radius 2 is 2.07 bits per heavy atom. The number of hydrogen-bond acceptors (Lipinski definition) is 4. The predicted molar refractivity (Wildman–Crippen MR) is 56.4 cm³/mol. The van der Waals surface area contributed by atoms with E-state index in [4.69, 9.17) is 4.74 Å². The number of para-hydroxylation sites is 1.